The molecule has 0 aliphatic carbocycles. The summed E-state index contributed by atoms with van der Waals surface area (Å²) in [7, 11) is 1.48. The van der Waals surface area contributed by atoms with Gasteiger partial charge in [0.1, 0.15) is 11.6 Å². The maximum atomic E-state index is 14.3. The van der Waals surface area contributed by atoms with Crippen molar-refractivity contribution in [2.24, 2.45) is 5.73 Å². The second kappa shape index (κ2) is 5.70. The molecular weight excluding hydrogens is 306 g/mol. The number of H-pyrrole nitrogens is 1. The van der Waals surface area contributed by atoms with Crippen LogP contribution in [0.1, 0.15) is 22.7 Å². The number of ether oxygens (including phenoxy) is 2. The normalized spacial score (nSPS) is 16.7. The van der Waals surface area contributed by atoms with Gasteiger partial charge in [0, 0.05) is 12.7 Å². The molecule has 0 spiro atoms. The quantitative estimate of drug-likeness (QED) is 0.903. The average molecular weight is 318 g/mol. The maximum absolute atomic E-state index is 14.3. The lowest BCUT2D eigenvalue weighted by Gasteiger charge is -2.24. The second-order valence-corrected chi connectivity index (χ2v) is 4.92. The standard InChI is InChI=1S/C15H12F2N4O2/c1-22-6-10-12-11(7-3-2-4-9(16)13(7)17)8(5-18)14(19)23-15(12)21-20-10/h2-4,11H,6,19H2,1H3,(H,20,21). The number of halogens is 2. The number of nitrogens with two attached hydrogens (primary N) is 1. The molecule has 2 heterocycles. The van der Waals surface area contributed by atoms with Crippen LogP contribution < -0.4 is 10.5 Å². The van der Waals surface area contributed by atoms with Gasteiger partial charge in [0.05, 0.1) is 23.8 Å². The number of hydrogen-bond donors (Lipinski definition) is 2. The fraction of sp³-hybridized carbons (Fsp3) is 0.200. The molecule has 6 nitrogen and oxygen atoms in total. The van der Waals surface area contributed by atoms with Gasteiger partial charge in [0.25, 0.3) is 0 Å². The minimum Gasteiger partial charge on any atom is -0.420 e. The van der Waals surface area contributed by atoms with Crippen molar-refractivity contribution in [2.75, 3.05) is 7.11 Å². The van der Waals surface area contributed by atoms with Crippen molar-refractivity contribution in [1.82, 2.24) is 10.2 Å². The van der Waals surface area contributed by atoms with E-state index in [2.05, 4.69) is 10.2 Å². The van der Waals surface area contributed by atoms with Gasteiger partial charge < -0.3 is 15.2 Å². The van der Waals surface area contributed by atoms with Gasteiger partial charge in [-0.15, -0.1) is 5.10 Å². The Bertz CT molecular complexity index is 838. The second-order valence-electron chi connectivity index (χ2n) is 4.92. The van der Waals surface area contributed by atoms with E-state index in [1.807, 2.05) is 6.07 Å². The van der Waals surface area contributed by atoms with E-state index >= 15 is 0 Å². The summed E-state index contributed by atoms with van der Waals surface area (Å²) in [6, 6.07) is 5.67. The highest BCUT2D eigenvalue weighted by atomic mass is 19.2. The summed E-state index contributed by atoms with van der Waals surface area (Å²) in [5, 5.41) is 16.1. The molecule has 0 radical (unpaired) electrons. The molecule has 0 fully saturated rings. The first-order chi connectivity index (χ1) is 11.1. The van der Waals surface area contributed by atoms with Crippen LogP contribution in [0.2, 0.25) is 0 Å². The zero-order valence-corrected chi connectivity index (χ0v) is 12.1. The Morgan fingerprint density at radius 3 is 2.96 bits per heavy atom. The summed E-state index contributed by atoms with van der Waals surface area (Å²) >= 11 is 0. The molecule has 8 heteroatoms. The third-order valence-electron chi connectivity index (χ3n) is 3.60. The van der Waals surface area contributed by atoms with Gasteiger partial charge in [-0.25, -0.2) is 8.78 Å². The molecule has 1 aromatic carbocycles. The molecule has 23 heavy (non-hydrogen) atoms. The van der Waals surface area contributed by atoms with Crippen molar-refractivity contribution in [3.63, 3.8) is 0 Å². The molecule has 118 valence electrons. The van der Waals surface area contributed by atoms with Gasteiger partial charge in [-0.05, 0) is 6.07 Å². The lowest BCUT2D eigenvalue weighted by atomic mass is 9.83. The minimum absolute atomic E-state index is 0.0132. The van der Waals surface area contributed by atoms with Crippen LogP contribution in [-0.2, 0) is 11.3 Å². The number of rotatable bonds is 3. The third-order valence-corrected chi connectivity index (χ3v) is 3.60. The largest absolute Gasteiger partial charge is 0.420 e. The van der Waals surface area contributed by atoms with E-state index in [1.165, 1.54) is 19.2 Å². The lowest BCUT2D eigenvalue weighted by molar-refractivity contribution is 0.180. The lowest BCUT2D eigenvalue weighted by Crippen LogP contribution is -2.22. The summed E-state index contributed by atoms with van der Waals surface area (Å²) in [5.41, 5.74) is 6.60. The topological polar surface area (TPSA) is 97.0 Å². The number of nitrogens with zero attached hydrogens (tertiary/aromatic N) is 2. The number of fused-ring (bicyclic) bond motifs is 1. The SMILES string of the molecule is COCc1[nH]nc2c1C(c1cccc(F)c1F)C(C#N)=C(N)O2. The summed E-state index contributed by atoms with van der Waals surface area (Å²) in [5.74, 6) is -3.06. The molecule has 0 saturated heterocycles. The first-order valence-corrected chi connectivity index (χ1v) is 6.66. The van der Waals surface area contributed by atoms with Crippen LogP contribution >= 0.6 is 0 Å². The Labute approximate surface area is 130 Å². The van der Waals surface area contributed by atoms with Crippen molar-refractivity contribution < 1.29 is 18.3 Å². The van der Waals surface area contributed by atoms with Gasteiger partial charge >= 0.3 is 0 Å². The summed E-state index contributed by atoms with van der Waals surface area (Å²) in [6.45, 7) is 0.137. The number of nitriles is 1. The predicted molar refractivity (Wildman–Crippen MR) is 75.0 cm³/mol. The number of allylic oxidation sites excluding steroid dienone is 1. The van der Waals surface area contributed by atoms with Crippen molar-refractivity contribution >= 4 is 0 Å². The van der Waals surface area contributed by atoms with E-state index in [9.17, 15) is 14.0 Å². The molecule has 0 amide bonds. The number of benzene rings is 1. The number of methoxy groups -OCH3 is 1. The van der Waals surface area contributed by atoms with Gasteiger partial charge in [-0.1, -0.05) is 12.1 Å². The van der Waals surface area contributed by atoms with Crippen molar-refractivity contribution in [3.8, 4) is 11.9 Å². The molecule has 2 aromatic rings. The molecule has 3 rings (SSSR count). The Hall–Kier alpha value is -2.92. The van der Waals surface area contributed by atoms with Crippen LogP contribution in [0.25, 0.3) is 0 Å². The highest BCUT2D eigenvalue weighted by molar-refractivity contribution is 5.55. The van der Waals surface area contributed by atoms with E-state index < -0.39 is 17.6 Å². The van der Waals surface area contributed by atoms with E-state index in [4.69, 9.17) is 15.2 Å². The fourth-order valence-corrected chi connectivity index (χ4v) is 2.62. The van der Waals surface area contributed by atoms with Crippen LogP contribution in [0.15, 0.2) is 29.7 Å². The number of aromatic nitrogens is 2. The van der Waals surface area contributed by atoms with Crippen molar-refractivity contribution in [1.29, 1.82) is 5.26 Å². The first-order valence-electron chi connectivity index (χ1n) is 6.66. The molecule has 1 aliphatic rings. The minimum atomic E-state index is -1.05. The molecule has 1 aromatic heterocycles. The van der Waals surface area contributed by atoms with Crippen LogP contribution in [0.5, 0.6) is 5.88 Å². The van der Waals surface area contributed by atoms with Gasteiger partial charge in [0.2, 0.25) is 11.8 Å². The van der Waals surface area contributed by atoms with Gasteiger partial charge in [-0.3, -0.25) is 5.10 Å². The highest BCUT2D eigenvalue weighted by Crippen LogP contribution is 2.43. The van der Waals surface area contributed by atoms with Crippen molar-refractivity contribution in [3.05, 3.63) is 58.1 Å². The monoisotopic (exact) mass is 318 g/mol. The Morgan fingerprint density at radius 2 is 2.26 bits per heavy atom. The number of hydrogen-bond acceptors (Lipinski definition) is 5. The number of aromatic amines is 1. The fourth-order valence-electron chi connectivity index (χ4n) is 2.62. The van der Waals surface area contributed by atoms with Gasteiger partial charge in [-0.2, -0.15) is 5.26 Å². The Morgan fingerprint density at radius 1 is 1.48 bits per heavy atom. The molecule has 1 aliphatic heterocycles. The molecule has 1 atom stereocenters. The smallest absolute Gasteiger partial charge is 0.244 e. The van der Waals surface area contributed by atoms with E-state index in [-0.39, 0.29) is 29.5 Å². The zero-order valence-electron chi connectivity index (χ0n) is 12.1. The van der Waals surface area contributed by atoms with E-state index in [1.54, 1.807) is 0 Å². The van der Waals surface area contributed by atoms with E-state index in [0.717, 1.165) is 6.07 Å². The Balaban J connectivity index is 2.26. The van der Waals surface area contributed by atoms with Crippen LogP contribution in [0, 0.1) is 23.0 Å². The zero-order chi connectivity index (χ0) is 16.6. The van der Waals surface area contributed by atoms with E-state index in [0.29, 0.717) is 11.3 Å². The predicted octanol–water partition coefficient (Wildman–Crippen LogP) is 2.05. The molecule has 3 N–H and O–H groups in total. The van der Waals surface area contributed by atoms with Gasteiger partial charge in [0.15, 0.2) is 11.6 Å². The van der Waals surface area contributed by atoms with Crippen molar-refractivity contribution in [2.45, 2.75) is 12.5 Å². The third kappa shape index (κ3) is 2.31. The first kappa shape index (κ1) is 15.0. The summed E-state index contributed by atoms with van der Waals surface area (Å²) in [4.78, 5) is 0. The highest BCUT2D eigenvalue weighted by Gasteiger charge is 2.37. The van der Waals surface area contributed by atoms with Crippen LogP contribution in [0.4, 0.5) is 8.78 Å². The summed E-state index contributed by atoms with van der Waals surface area (Å²) < 4.78 is 38.3. The number of nitrogens with one attached hydrogen (secondary N) is 1. The summed E-state index contributed by atoms with van der Waals surface area (Å²) in [6.07, 6.45) is 0. The molecular formula is C15H12F2N4O2. The van der Waals surface area contributed by atoms with Crippen LogP contribution in [-0.4, -0.2) is 17.3 Å². The molecule has 0 bridgehead atoms. The average Bonchev–Trinajstić information content (AvgIpc) is 2.92. The molecule has 1 unspecified atom stereocenters. The molecule has 0 saturated carbocycles. The Kier molecular flexibility index (Phi) is 3.72. The maximum Gasteiger partial charge on any atom is 0.244 e. The van der Waals surface area contributed by atoms with Crippen LogP contribution in [0.3, 0.4) is 0 Å².